The SMILES string of the molecule is CC(=NCCO)C1=C(O)C(C)(C)C(=O)C(C)(C)C1=O. The summed E-state index contributed by atoms with van der Waals surface area (Å²) < 4.78 is 0. The second-order valence-electron chi connectivity index (χ2n) is 5.82. The maximum Gasteiger partial charge on any atom is 0.181 e. The molecule has 0 bridgehead atoms. The Morgan fingerprint density at radius 2 is 1.68 bits per heavy atom. The highest BCUT2D eigenvalue weighted by molar-refractivity contribution is 6.31. The lowest BCUT2D eigenvalue weighted by molar-refractivity contribution is -0.144. The van der Waals surface area contributed by atoms with E-state index in [1.165, 1.54) is 0 Å². The molecule has 0 saturated heterocycles. The fourth-order valence-corrected chi connectivity index (χ4v) is 2.36. The number of rotatable bonds is 3. The van der Waals surface area contributed by atoms with Gasteiger partial charge in [-0.1, -0.05) is 0 Å². The van der Waals surface area contributed by atoms with Crippen molar-refractivity contribution in [3.63, 3.8) is 0 Å². The molecule has 0 aliphatic heterocycles. The number of hydrogen-bond donors (Lipinski definition) is 2. The Kier molecular flexibility index (Phi) is 4.00. The molecule has 1 rings (SSSR count). The third-order valence-corrected chi connectivity index (χ3v) is 3.57. The van der Waals surface area contributed by atoms with Crippen LogP contribution in [0.3, 0.4) is 0 Å². The summed E-state index contributed by atoms with van der Waals surface area (Å²) in [7, 11) is 0. The highest BCUT2D eigenvalue weighted by Gasteiger charge is 2.53. The molecule has 0 aromatic heterocycles. The van der Waals surface area contributed by atoms with Gasteiger partial charge < -0.3 is 10.2 Å². The molecule has 106 valence electrons. The average Bonchev–Trinajstić information content (AvgIpc) is 2.33. The number of ketones is 2. The molecule has 5 heteroatoms. The van der Waals surface area contributed by atoms with E-state index in [1.54, 1.807) is 34.6 Å². The third kappa shape index (κ3) is 2.34. The van der Waals surface area contributed by atoms with E-state index in [9.17, 15) is 14.7 Å². The van der Waals surface area contributed by atoms with Gasteiger partial charge in [0.15, 0.2) is 11.6 Å². The first-order valence-corrected chi connectivity index (χ1v) is 6.24. The van der Waals surface area contributed by atoms with E-state index < -0.39 is 16.6 Å². The van der Waals surface area contributed by atoms with Crippen molar-refractivity contribution >= 4 is 17.3 Å². The van der Waals surface area contributed by atoms with Gasteiger partial charge in [-0.3, -0.25) is 14.6 Å². The molecule has 0 saturated carbocycles. The maximum absolute atomic E-state index is 12.4. The molecule has 0 spiro atoms. The van der Waals surface area contributed by atoms with E-state index in [4.69, 9.17) is 5.11 Å². The minimum atomic E-state index is -1.18. The minimum absolute atomic E-state index is 0.100. The lowest BCUT2D eigenvalue weighted by Crippen LogP contribution is -2.49. The Morgan fingerprint density at radius 3 is 2.16 bits per heavy atom. The molecule has 0 radical (unpaired) electrons. The summed E-state index contributed by atoms with van der Waals surface area (Å²) in [5.74, 6) is -0.962. The number of Topliss-reactive ketones (excluding diaryl/α,β-unsaturated/α-hetero) is 2. The summed E-state index contributed by atoms with van der Waals surface area (Å²) >= 11 is 0. The number of aliphatic hydroxyl groups excluding tert-OH is 2. The standard InChI is InChI=1S/C14H21NO4/c1-8(15-6-7-16)9-10(17)13(2,3)12(19)14(4,5)11(9)18/h16-17H,6-7H2,1-5H3. The number of allylic oxidation sites excluding steroid dienone is 2. The smallest absolute Gasteiger partial charge is 0.181 e. The van der Waals surface area contributed by atoms with Gasteiger partial charge in [0.05, 0.1) is 29.6 Å². The lowest BCUT2D eigenvalue weighted by Gasteiger charge is -2.38. The summed E-state index contributed by atoms with van der Waals surface area (Å²) in [5, 5.41) is 19.0. The van der Waals surface area contributed by atoms with Gasteiger partial charge in [-0.15, -0.1) is 0 Å². The van der Waals surface area contributed by atoms with E-state index in [1.807, 2.05) is 0 Å². The van der Waals surface area contributed by atoms with Gasteiger partial charge in [0.2, 0.25) is 0 Å². The summed E-state index contributed by atoms with van der Waals surface area (Å²) in [4.78, 5) is 28.7. The predicted octanol–water partition coefficient (Wildman–Crippen LogP) is 1.46. The minimum Gasteiger partial charge on any atom is -0.510 e. The maximum atomic E-state index is 12.4. The Labute approximate surface area is 113 Å². The van der Waals surface area contributed by atoms with E-state index in [2.05, 4.69) is 4.99 Å². The Balaban J connectivity index is 3.47. The molecular formula is C14H21NO4. The summed E-state index contributed by atoms with van der Waals surface area (Å²) in [5.41, 5.74) is -1.84. The molecular weight excluding hydrogens is 246 g/mol. The molecule has 19 heavy (non-hydrogen) atoms. The zero-order valence-electron chi connectivity index (χ0n) is 12.1. The van der Waals surface area contributed by atoms with Crippen molar-refractivity contribution in [3.05, 3.63) is 11.3 Å². The van der Waals surface area contributed by atoms with E-state index >= 15 is 0 Å². The number of hydrogen-bond acceptors (Lipinski definition) is 5. The van der Waals surface area contributed by atoms with Crippen LogP contribution in [0.15, 0.2) is 16.3 Å². The van der Waals surface area contributed by atoms with Crippen LogP contribution >= 0.6 is 0 Å². The third-order valence-electron chi connectivity index (χ3n) is 3.57. The van der Waals surface area contributed by atoms with Gasteiger partial charge in [-0.2, -0.15) is 0 Å². The van der Waals surface area contributed by atoms with Crippen molar-refractivity contribution < 1.29 is 19.8 Å². The Morgan fingerprint density at radius 1 is 1.16 bits per heavy atom. The highest BCUT2D eigenvalue weighted by atomic mass is 16.3. The second-order valence-corrected chi connectivity index (χ2v) is 5.82. The van der Waals surface area contributed by atoms with Crippen LogP contribution in [-0.4, -0.2) is 40.6 Å². The predicted molar refractivity (Wildman–Crippen MR) is 72.3 cm³/mol. The van der Waals surface area contributed by atoms with Crippen molar-refractivity contribution in [1.82, 2.24) is 0 Å². The monoisotopic (exact) mass is 267 g/mol. The van der Waals surface area contributed by atoms with Gasteiger partial charge in [-0.25, -0.2) is 0 Å². The van der Waals surface area contributed by atoms with Crippen LogP contribution in [-0.2, 0) is 9.59 Å². The van der Waals surface area contributed by atoms with Gasteiger partial charge in [0, 0.05) is 5.71 Å². The first-order chi connectivity index (χ1) is 8.58. The van der Waals surface area contributed by atoms with Crippen molar-refractivity contribution in [2.45, 2.75) is 34.6 Å². The van der Waals surface area contributed by atoms with Crippen LogP contribution in [0.4, 0.5) is 0 Å². The normalized spacial score (nSPS) is 22.9. The fraction of sp³-hybridized carbons (Fsp3) is 0.643. The molecule has 5 nitrogen and oxygen atoms in total. The van der Waals surface area contributed by atoms with E-state index in [0.717, 1.165) is 0 Å². The first-order valence-electron chi connectivity index (χ1n) is 6.24. The molecule has 1 aliphatic carbocycles. The number of aliphatic imine (C=N–C) groups is 1. The molecule has 0 unspecified atom stereocenters. The topological polar surface area (TPSA) is 87.0 Å². The average molecular weight is 267 g/mol. The molecule has 0 aromatic rings. The van der Waals surface area contributed by atoms with Crippen molar-refractivity contribution in [2.24, 2.45) is 15.8 Å². The molecule has 0 atom stereocenters. The number of aliphatic hydroxyl groups is 2. The largest absolute Gasteiger partial charge is 0.510 e. The zero-order valence-corrected chi connectivity index (χ0v) is 12.1. The zero-order chi connectivity index (χ0) is 15.0. The molecule has 0 amide bonds. The highest BCUT2D eigenvalue weighted by Crippen LogP contribution is 2.43. The van der Waals surface area contributed by atoms with E-state index in [-0.39, 0.29) is 30.3 Å². The molecule has 0 heterocycles. The van der Waals surface area contributed by atoms with Gasteiger partial charge >= 0.3 is 0 Å². The molecule has 2 N–H and O–H groups in total. The van der Waals surface area contributed by atoms with Crippen molar-refractivity contribution in [2.75, 3.05) is 13.2 Å². The molecule has 0 fully saturated rings. The van der Waals surface area contributed by atoms with Crippen LogP contribution in [0.2, 0.25) is 0 Å². The Hall–Kier alpha value is -1.49. The number of carbonyl (C=O) groups is 2. The summed E-state index contributed by atoms with van der Waals surface area (Å²) in [6, 6.07) is 0. The van der Waals surface area contributed by atoms with Crippen LogP contribution in [0.5, 0.6) is 0 Å². The van der Waals surface area contributed by atoms with Gasteiger partial charge in [0.25, 0.3) is 0 Å². The summed E-state index contributed by atoms with van der Waals surface area (Å²) in [6.07, 6.45) is 0. The van der Waals surface area contributed by atoms with Gasteiger partial charge in [-0.05, 0) is 34.6 Å². The summed E-state index contributed by atoms with van der Waals surface area (Å²) in [6.45, 7) is 7.93. The second kappa shape index (κ2) is 4.89. The van der Waals surface area contributed by atoms with Crippen molar-refractivity contribution in [1.29, 1.82) is 0 Å². The quantitative estimate of drug-likeness (QED) is 0.598. The fourth-order valence-electron chi connectivity index (χ4n) is 2.36. The molecule has 0 aromatic carbocycles. The number of carbonyl (C=O) groups excluding carboxylic acids is 2. The lowest BCUT2D eigenvalue weighted by atomic mass is 9.63. The van der Waals surface area contributed by atoms with Crippen LogP contribution in [0.25, 0.3) is 0 Å². The Bertz CT molecular complexity index is 484. The van der Waals surface area contributed by atoms with Gasteiger partial charge in [0.1, 0.15) is 5.76 Å². The first kappa shape index (κ1) is 15.6. The van der Waals surface area contributed by atoms with Crippen molar-refractivity contribution in [3.8, 4) is 0 Å². The van der Waals surface area contributed by atoms with Crippen LogP contribution < -0.4 is 0 Å². The van der Waals surface area contributed by atoms with E-state index in [0.29, 0.717) is 5.71 Å². The van der Waals surface area contributed by atoms with Crippen LogP contribution in [0.1, 0.15) is 34.6 Å². The number of nitrogens with zero attached hydrogens (tertiary/aromatic N) is 1. The molecule has 1 aliphatic rings. The van der Waals surface area contributed by atoms with Crippen LogP contribution in [0, 0.1) is 10.8 Å².